The summed E-state index contributed by atoms with van der Waals surface area (Å²) < 4.78 is 1.73. The Morgan fingerprint density at radius 3 is 2.82 bits per heavy atom. The Balaban J connectivity index is 2.29. The Labute approximate surface area is 103 Å². The smallest absolute Gasteiger partial charge is 0.138 e. The van der Waals surface area contributed by atoms with Crippen molar-refractivity contribution in [1.82, 2.24) is 9.78 Å². The van der Waals surface area contributed by atoms with Gasteiger partial charge in [-0.05, 0) is 31.4 Å². The summed E-state index contributed by atoms with van der Waals surface area (Å²) in [6, 6.07) is 1.90. The second-order valence-corrected chi connectivity index (χ2v) is 4.59. The van der Waals surface area contributed by atoms with Crippen LogP contribution < -0.4 is 5.73 Å². The molecule has 1 heterocycles. The van der Waals surface area contributed by atoms with E-state index in [1.165, 1.54) is 0 Å². The number of ketones is 1. The summed E-state index contributed by atoms with van der Waals surface area (Å²) in [6.07, 6.45) is 6.06. The van der Waals surface area contributed by atoms with Crippen LogP contribution in [0.4, 0.5) is 0 Å². The predicted molar refractivity (Wildman–Crippen MR) is 68.6 cm³/mol. The summed E-state index contributed by atoms with van der Waals surface area (Å²) in [6.45, 7) is 2.87. The van der Waals surface area contributed by atoms with E-state index in [-0.39, 0.29) is 5.78 Å². The van der Waals surface area contributed by atoms with Gasteiger partial charge in [-0.15, -0.1) is 0 Å². The number of hydrogen-bond donors (Lipinski definition) is 1. The maximum absolute atomic E-state index is 11.8. The number of nitrogens with two attached hydrogens (primary N) is 1. The number of carbonyl (C=O) groups excluding carboxylic acids is 1. The van der Waals surface area contributed by atoms with Crippen LogP contribution in [0.2, 0.25) is 0 Å². The zero-order chi connectivity index (χ0) is 12.7. The van der Waals surface area contributed by atoms with Crippen LogP contribution in [0.3, 0.4) is 0 Å². The van der Waals surface area contributed by atoms with Gasteiger partial charge in [0.15, 0.2) is 0 Å². The van der Waals surface area contributed by atoms with Crippen molar-refractivity contribution in [2.45, 2.75) is 39.0 Å². The molecule has 0 aliphatic heterocycles. The normalized spacial score (nSPS) is 12.6. The lowest BCUT2D eigenvalue weighted by molar-refractivity contribution is -0.118. The quantitative estimate of drug-likeness (QED) is 0.748. The molecule has 0 aromatic carbocycles. The molecule has 4 heteroatoms. The third-order valence-electron chi connectivity index (χ3n) is 3.13. The summed E-state index contributed by atoms with van der Waals surface area (Å²) in [7, 11) is 1.86. The second kappa shape index (κ2) is 7.22. The molecule has 0 fully saturated rings. The lowest BCUT2D eigenvalue weighted by Crippen LogP contribution is -2.11. The molecule has 1 aromatic heterocycles. The van der Waals surface area contributed by atoms with Crippen LogP contribution in [-0.2, 0) is 18.3 Å². The molecule has 96 valence electrons. The molecule has 17 heavy (non-hydrogen) atoms. The highest BCUT2D eigenvalue weighted by atomic mass is 16.1. The van der Waals surface area contributed by atoms with Crippen molar-refractivity contribution in [3.8, 4) is 0 Å². The van der Waals surface area contributed by atoms with Crippen molar-refractivity contribution in [3.05, 3.63) is 18.0 Å². The number of hydrogen-bond acceptors (Lipinski definition) is 3. The van der Waals surface area contributed by atoms with Crippen LogP contribution in [0, 0.1) is 5.92 Å². The molecule has 1 aromatic rings. The number of nitrogens with zero attached hydrogens (tertiary/aromatic N) is 2. The minimum Gasteiger partial charge on any atom is -0.330 e. The average Bonchev–Trinajstić information content (AvgIpc) is 2.70. The van der Waals surface area contributed by atoms with Crippen molar-refractivity contribution in [2.24, 2.45) is 18.7 Å². The fraction of sp³-hybridized carbons (Fsp3) is 0.692. The Kier molecular flexibility index (Phi) is 5.91. The zero-order valence-corrected chi connectivity index (χ0v) is 10.9. The van der Waals surface area contributed by atoms with Crippen LogP contribution in [0.1, 0.15) is 38.3 Å². The number of Topliss-reactive ketones (excluding diaryl/α,β-unsaturated/α-hetero) is 1. The van der Waals surface area contributed by atoms with Gasteiger partial charge in [0.05, 0.1) is 12.1 Å². The van der Waals surface area contributed by atoms with Gasteiger partial charge in [0.2, 0.25) is 0 Å². The van der Waals surface area contributed by atoms with Gasteiger partial charge in [-0.3, -0.25) is 9.48 Å². The Bertz CT molecular complexity index is 346. The van der Waals surface area contributed by atoms with E-state index in [2.05, 4.69) is 12.0 Å². The second-order valence-electron chi connectivity index (χ2n) is 4.59. The molecule has 0 aliphatic carbocycles. The van der Waals surface area contributed by atoms with E-state index < -0.39 is 0 Å². The fourth-order valence-corrected chi connectivity index (χ4v) is 2.00. The van der Waals surface area contributed by atoms with E-state index >= 15 is 0 Å². The Morgan fingerprint density at radius 1 is 1.53 bits per heavy atom. The molecule has 0 aliphatic rings. The van der Waals surface area contributed by atoms with Crippen molar-refractivity contribution < 1.29 is 4.79 Å². The average molecular weight is 237 g/mol. The van der Waals surface area contributed by atoms with E-state index in [9.17, 15) is 4.79 Å². The molecule has 0 saturated carbocycles. The van der Waals surface area contributed by atoms with Crippen molar-refractivity contribution in [2.75, 3.05) is 6.54 Å². The Morgan fingerprint density at radius 2 is 2.29 bits per heavy atom. The number of aryl methyl sites for hydroxylation is 1. The van der Waals surface area contributed by atoms with E-state index in [1.54, 1.807) is 4.68 Å². The van der Waals surface area contributed by atoms with Crippen LogP contribution >= 0.6 is 0 Å². The van der Waals surface area contributed by atoms with Crippen molar-refractivity contribution in [1.29, 1.82) is 0 Å². The van der Waals surface area contributed by atoms with Gasteiger partial charge < -0.3 is 5.73 Å². The highest BCUT2D eigenvalue weighted by Gasteiger charge is 2.10. The largest absolute Gasteiger partial charge is 0.330 e. The van der Waals surface area contributed by atoms with Crippen molar-refractivity contribution >= 4 is 5.78 Å². The van der Waals surface area contributed by atoms with Crippen LogP contribution in [0.5, 0.6) is 0 Å². The van der Waals surface area contributed by atoms with E-state index in [1.807, 2.05) is 19.3 Å². The minimum atomic E-state index is 0.277. The maximum atomic E-state index is 11.8. The highest BCUT2D eigenvalue weighted by molar-refractivity contribution is 5.80. The van der Waals surface area contributed by atoms with Gasteiger partial charge in [0.1, 0.15) is 5.78 Å². The van der Waals surface area contributed by atoms with E-state index in [0.29, 0.717) is 25.3 Å². The van der Waals surface area contributed by atoms with Gasteiger partial charge in [0, 0.05) is 19.7 Å². The summed E-state index contributed by atoms with van der Waals surface area (Å²) in [5.41, 5.74) is 6.41. The Hall–Kier alpha value is -1.16. The van der Waals surface area contributed by atoms with Gasteiger partial charge in [-0.25, -0.2) is 0 Å². The molecule has 0 radical (unpaired) electrons. The molecule has 2 N–H and O–H groups in total. The standard InChI is InChI=1S/C13H23N3O/c1-3-11(6-8-14)4-5-13(17)10-12-7-9-16(2)15-12/h7,9,11H,3-6,8,10,14H2,1-2H3. The maximum Gasteiger partial charge on any atom is 0.138 e. The predicted octanol–water partition coefficient (Wildman–Crippen LogP) is 1.69. The molecular formula is C13H23N3O. The summed E-state index contributed by atoms with van der Waals surface area (Å²) >= 11 is 0. The van der Waals surface area contributed by atoms with Crippen LogP contribution in [-0.4, -0.2) is 22.1 Å². The molecule has 1 atom stereocenters. The van der Waals surface area contributed by atoms with Crippen LogP contribution in [0.15, 0.2) is 12.3 Å². The number of carbonyl (C=O) groups is 1. The molecular weight excluding hydrogens is 214 g/mol. The van der Waals surface area contributed by atoms with Crippen LogP contribution in [0.25, 0.3) is 0 Å². The monoisotopic (exact) mass is 237 g/mol. The lowest BCUT2D eigenvalue weighted by Gasteiger charge is -2.12. The van der Waals surface area contributed by atoms with Gasteiger partial charge >= 0.3 is 0 Å². The summed E-state index contributed by atoms with van der Waals surface area (Å²) in [5.74, 6) is 0.867. The zero-order valence-electron chi connectivity index (χ0n) is 10.9. The molecule has 1 unspecified atom stereocenters. The fourth-order valence-electron chi connectivity index (χ4n) is 2.00. The lowest BCUT2D eigenvalue weighted by atomic mass is 9.95. The van der Waals surface area contributed by atoms with Gasteiger partial charge in [0.25, 0.3) is 0 Å². The van der Waals surface area contributed by atoms with Crippen molar-refractivity contribution in [3.63, 3.8) is 0 Å². The SMILES string of the molecule is CCC(CCN)CCC(=O)Cc1ccn(C)n1. The number of aromatic nitrogens is 2. The molecule has 0 spiro atoms. The van der Waals surface area contributed by atoms with E-state index in [0.717, 1.165) is 25.0 Å². The molecule has 0 amide bonds. The molecule has 1 rings (SSSR count). The molecule has 0 saturated heterocycles. The van der Waals surface area contributed by atoms with Gasteiger partial charge in [-0.2, -0.15) is 5.10 Å². The van der Waals surface area contributed by atoms with Gasteiger partial charge in [-0.1, -0.05) is 13.3 Å². The first-order valence-electron chi connectivity index (χ1n) is 6.36. The first kappa shape index (κ1) is 13.9. The number of rotatable bonds is 8. The highest BCUT2D eigenvalue weighted by Crippen LogP contribution is 2.15. The topological polar surface area (TPSA) is 60.9 Å². The summed E-state index contributed by atoms with van der Waals surface area (Å²) in [4.78, 5) is 11.8. The molecule has 0 bridgehead atoms. The first-order valence-corrected chi connectivity index (χ1v) is 6.36. The minimum absolute atomic E-state index is 0.277. The molecule has 4 nitrogen and oxygen atoms in total. The summed E-state index contributed by atoms with van der Waals surface area (Å²) in [5, 5.41) is 4.21. The third kappa shape index (κ3) is 5.13. The third-order valence-corrected chi connectivity index (χ3v) is 3.13. The van der Waals surface area contributed by atoms with E-state index in [4.69, 9.17) is 5.73 Å². The first-order chi connectivity index (χ1) is 8.15.